The Hall–Kier alpha value is -2.27. The first-order valence-electron chi connectivity index (χ1n) is 5.54. The van der Waals surface area contributed by atoms with Gasteiger partial charge in [-0.1, -0.05) is 30.3 Å². The van der Waals surface area contributed by atoms with Crippen LogP contribution in [0.15, 0.2) is 48.8 Å². The number of aromatic nitrogens is 2. The summed E-state index contributed by atoms with van der Waals surface area (Å²) in [6.07, 6.45) is 3.25. The molecular weight excluding hydrogens is 230 g/mol. The highest BCUT2D eigenvalue weighted by Crippen LogP contribution is 2.12. The predicted molar refractivity (Wildman–Crippen MR) is 65.7 cm³/mol. The summed E-state index contributed by atoms with van der Waals surface area (Å²) < 4.78 is 0. The molecule has 0 aliphatic rings. The molecule has 0 saturated carbocycles. The number of hydrogen-bond donors (Lipinski definition) is 2. The zero-order chi connectivity index (χ0) is 12.8. The molecule has 0 radical (unpaired) electrons. The molecule has 0 bridgehead atoms. The van der Waals surface area contributed by atoms with Crippen LogP contribution in [-0.2, 0) is 11.3 Å². The maximum atomic E-state index is 11.2. The Balaban J connectivity index is 2.06. The fraction of sp³-hybridized carbons (Fsp3) is 0.154. The van der Waals surface area contributed by atoms with E-state index < -0.39 is 12.0 Å². The molecule has 2 aromatic rings. The van der Waals surface area contributed by atoms with Crippen molar-refractivity contribution >= 4 is 5.97 Å². The smallest absolute Gasteiger partial charge is 0.325 e. The highest BCUT2D eigenvalue weighted by Gasteiger charge is 2.18. The lowest BCUT2D eigenvalue weighted by Gasteiger charge is -2.13. The van der Waals surface area contributed by atoms with Gasteiger partial charge in [-0.3, -0.25) is 10.1 Å². The minimum atomic E-state index is -0.919. The summed E-state index contributed by atoms with van der Waals surface area (Å²) >= 11 is 0. The fourth-order valence-corrected chi connectivity index (χ4v) is 1.61. The fourth-order valence-electron chi connectivity index (χ4n) is 1.61. The second-order valence-corrected chi connectivity index (χ2v) is 3.73. The van der Waals surface area contributed by atoms with Gasteiger partial charge in [0, 0.05) is 12.4 Å². The Labute approximate surface area is 105 Å². The Morgan fingerprint density at radius 3 is 2.44 bits per heavy atom. The number of nitrogens with zero attached hydrogens (tertiary/aromatic N) is 2. The molecule has 1 aromatic heterocycles. The van der Waals surface area contributed by atoms with Gasteiger partial charge in [-0.05, 0) is 11.6 Å². The summed E-state index contributed by atoms with van der Waals surface area (Å²) in [7, 11) is 0. The Morgan fingerprint density at radius 2 is 1.83 bits per heavy atom. The molecule has 0 spiro atoms. The average molecular weight is 243 g/mol. The summed E-state index contributed by atoms with van der Waals surface area (Å²) in [5, 5.41) is 12.1. The van der Waals surface area contributed by atoms with Gasteiger partial charge < -0.3 is 5.11 Å². The lowest BCUT2D eigenvalue weighted by molar-refractivity contribution is -0.139. The van der Waals surface area contributed by atoms with Gasteiger partial charge in [-0.15, -0.1) is 0 Å². The van der Waals surface area contributed by atoms with Crippen molar-refractivity contribution in [1.29, 1.82) is 0 Å². The summed E-state index contributed by atoms with van der Waals surface area (Å²) in [6.45, 7) is 0.312. The minimum Gasteiger partial charge on any atom is -0.480 e. The topological polar surface area (TPSA) is 75.1 Å². The van der Waals surface area contributed by atoms with E-state index in [9.17, 15) is 9.90 Å². The van der Waals surface area contributed by atoms with Gasteiger partial charge in [-0.2, -0.15) is 0 Å². The third-order valence-electron chi connectivity index (χ3n) is 2.46. The number of hydrogen-bond acceptors (Lipinski definition) is 4. The van der Waals surface area contributed by atoms with E-state index >= 15 is 0 Å². The van der Waals surface area contributed by atoms with Gasteiger partial charge in [-0.25, -0.2) is 9.97 Å². The monoisotopic (exact) mass is 243 g/mol. The molecule has 0 aliphatic heterocycles. The van der Waals surface area contributed by atoms with Gasteiger partial charge in [0.1, 0.15) is 11.9 Å². The van der Waals surface area contributed by atoms with Crippen LogP contribution in [0.5, 0.6) is 0 Å². The van der Waals surface area contributed by atoms with Crippen LogP contribution in [0.3, 0.4) is 0 Å². The van der Waals surface area contributed by atoms with E-state index in [4.69, 9.17) is 0 Å². The van der Waals surface area contributed by atoms with Crippen LogP contribution in [0.1, 0.15) is 17.4 Å². The number of carboxylic acid groups (broad SMARTS) is 1. The van der Waals surface area contributed by atoms with Crippen molar-refractivity contribution in [3.8, 4) is 0 Å². The van der Waals surface area contributed by atoms with Crippen LogP contribution in [-0.4, -0.2) is 21.0 Å². The second-order valence-electron chi connectivity index (χ2n) is 3.73. The van der Waals surface area contributed by atoms with Crippen molar-refractivity contribution in [3.05, 3.63) is 60.2 Å². The Kier molecular flexibility index (Phi) is 3.98. The van der Waals surface area contributed by atoms with Crippen LogP contribution in [0.25, 0.3) is 0 Å². The molecule has 2 rings (SSSR count). The SMILES string of the molecule is O=C(O)C(NCc1ncccn1)c1ccccc1. The maximum absolute atomic E-state index is 11.2. The van der Waals surface area contributed by atoms with Gasteiger partial charge in [0.25, 0.3) is 0 Å². The number of nitrogens with one attached hydrogen (secondary N) is 1. The molecule has 1 heterocycles. The van der Waals surface area contributed by atoms with Crippen molar-refractivity contribution in [1.82, 2.24) is 15.3 Å². The molecule has 18 heavy (non-hydrogen) atoms. The van der Waals surface area contributed by atoms with Crippen LogP contribution < -0.4 is 5.32 Å². The summed E-state index contributed by atoms with van der Waals surface area (Å²) in [4.78, 5) is 19.3. The normalized spacial score (nSPS) is 12.0. The van der Waals surface area contributed by atoms with E-state index in [1.165, 1.54) is 0 Å². The zero-order valence-corrected chi connectivity index (χ0v) is 9.65. The van der Waals surface area contributed by atoms with Crippen molar-refractivity contribution in [2.45, 2.75) is 12.6 Å². The van der Waals surface area contributed by atoms with Crippen LogP contribution in [0, 0.1) is 0 Å². The van der Waals surface area contributed by atoms with Crippen LogP contribution >= 0.6 is 0 Å². The van der Waals surface area contributed by atoms with E-state index in [2.05, 4.69) is 15.3 Å². The number of carboxylic acids is 1. The summed E-state index contributed by atoms with van der Waals surface area (Å²) in [5.74, 6) is -0.350. The highest BCUT2D eigenvalue weighted by atomic mass is 16.4. The summed E-state index contributed by atoms with van der Waals surface area (Å²) in [5.41, 5.74) is 0.709. The van der Waals surface area contributed by atoms with Crippen molar-refractivity contribution < 1.29 is 9.90 Å². The summed E-state index contributed by atoms with van der Waals surface area (Å²) in [6, 6.07) is 9.99. The van der Waals surface area contributed by atoms with E-state index in [-0.39, 0.29) is 0 Å². The highest BCUT2D eigenvalue weighted by molar-refractivity contribution is 5.75. The Morgan fingerprint density at radius 1 is 1.17 bits per heavy atom. The van der Waals surface area contributed by atoms with E-state index in [0.29, 0.717) is 17.9 Å². The lowest BCUT2D eigenvalue weighted by atomic mass is 10.1. The lowest BCUT2D eigenvalue weighted by Crippen LogP contribution is -2.28. The number of aliphatic carboxylic acids is 1. The maximum Gasteiger partial charge on any atom is 0.325 e. The zero-order valence-electron chi connectivity index (χ0n) is 9.65. The molecule has 5 nitrogen and oxygen atoms in total. The molecule has 5 heteroatoms. The molecule has 1 unspecified atom stereocenters. The number of carbonyl (C=O) groups is 1. The third kappa shape index (κ3) is 3.11. The van der Waals surface area contributed by atoms with Gasteiger partial charge in [0.05, 0.1) is 6.54 Å². The van der Waals surface area contributed by atoms with E-state index in [0.717, 1.165) is 0 Å². The standard InChI is InChI=1S/C13H13N3O2/c17-13(18)12(10-5-2-1-3-6-10)16-9-11-14-7-4-8-15-11/h1-8,12,16H,9H2,(H,17,18). The van der Waals surface area contributed by atoms with Crippen LogP contribution in [0.2, 0.25) is 0 Å². The van der Waals surface area contributed by atoms with E-state index in [1.54, 1.807) is 30.6 Å². The average Bonchev–Trinajstić information content (AvgIpc) is 2.41. The first kappa shape index (κ1) is 12.2. The molecule has 1 atom stereocenters. The quantitative estimate of drug-likeness (QED) is 0.830. The third-order valence-corrected chi connectivity index (χ3v) is 2.46. The molecule has 2 N–H and O–H groups in total. The molecule has 0 aliphatic carbocycles. The van der Waals surface area contributed by atoms with Gasteiger partial charge >= 0.3 is 5.97 Å². The Bertz CT molecular complexity index is 502. The first-order chi connectivity index (χ1) is 8.77. The molecule has 92 valence electrons. The number of rotatable bonds is 5. The number of benzene rings is 1. The van der Waals surface area contributed by atoms with Crippen LogP contribution in [0.4, 0.5) is 0 Å². The van der Waals surface area contributed by atoms with Gasteiger partial charge in [0.15, 0.2) is 0 Å². The molecule has 1 aromatic carbocycles. The molecule has 0 amide bonds. The minimum absolute atomic E-state index is 0.312. The van der Waals surface area contributed by atoms with Crippen molar-refractivity contribution in [3.63, 3.8) is 0 Å². The largest absolute Gasteiger partial charge is 0.480 e. The predicted octanol–water partition coefficient (Wildman–Crippen LogP) is 1.39. The molecule has 0 fully saturated rings. The second kappa shape index (κ2) is 5.88. The van der Waals surface area contributed by atoms with Crippen molar-refractivity contribution in [2.24, 2.45) is 0 Å². The molecule has 0 saturated heterocycles. The van der Waals surface area contributed by atoms with E-state index in [1.807, 2.05) is 18.2 Å². The molecular formula is C13H13N3O2. The first-order valence-corrected chi connectivity index (χ1v) is 5.54. The van der Waals surface area contributed by atoms with Gasteiger partial charge in [0.2, 0.25) is 0 Å². The van der Waals surface area contributed by atoms with Crippen molar-refractivity contribution in [2.75, 3.05) is 0 Å².